The summed E-state index contributed by atoms with van der Waals surface area (Å²) in [5.41, 5.74) is 7.44. The molecule has 0 radical (unpaired) electrons. The number of carbonyl (C=O) groups excluding carboxylic acids is 1. The van der Waals surface area contributed by atoms with Crippen LogP contribution >= 0.6 is 34.8 Å². The summed E-state index contributed by atoms with van der Waals surface area (Å²) in [5.74, 6) is 0.122. The Labute approximate surface area is 211 Å². The van der Waals surface area contributed by atoms with E-state index in [1.165, 1.54) is 0 Å². The summed E-state index contributed by atoms with van der Waals surface area (Å²) >= 11 is 18.6. The van der Waals surface area contributed by atoms with E-state index in [0.29, 0.717) is 45.2 Å². The Balaban J connectivity index is 1.69. The number of carbonyl (C=O) groups is 1. The monoisotopic (exact) mass is 515 g/mol. The molecule has 34 heavy (non-hydrogen) atoms. The van der Waals surface area contributed by atoms with Crippen LogP contribution in [0.2, 0.25) is 15.2 Å². The van der Waals surface area contributed by atoms with E-state index in [-0.39, 0.29) is 10.8 Å². The summed E-state index contributed by atoms with van der Waals surface area (Å²) in [4.78, 5) is 16.5. The average molecular weight is 517 g/mol. The van der Waals surface area contributed by atoms with Gasteiger partial charge in [0.05, 0.1) is 16.4 Å². The lowest BCUT2D eigenvalue weighted by molar-refractivity contribution is 0.0993. The first-order valence-corrected chi connectivity index (χ1v) is 11.4. The number of hydrogen-bond donors (Lipinski definition) is 2. The van der Waals surface area contributed by atoms with Gasteiger partial charge in [0.25, 0.3) is 5.91 Å². The van der Waals surface area contributed by atoms with Crippen molar-refractivity contribution in [2.24, 2.45) is 5.73 Å². The van der Waals surface area contributed by atoms with Crippen LogP contribution in [0.4, 0.5) is 11.4 Å². The summed E-state index contributed by atoms with van der Waals surface area (Å²) in [7, 11) is 0. The molecule has 0 fully saturated rings. The second-order valence-electron chi connectivity index (χ2n) is 8.26. The minimum atomic E-state index is -0.698. The standard InChI is InChI=1S/C24H20Cl3N5O2/c1-24(2,12-19-31-32-23(34-19)13-6-4-3-5-7-13)15-11-18(21(27)30-20(15)22(28)33)29-17-9-8-14(25)10-16(17)26/h3-11,29H,12H2,1-2H3,(H2,28,33). The van der Waals surface area contributed by atoms with Gasteiger partial charge in [0.15, 0.2) is 5.15 Å². The van der Waals surface area contributed by atoms with Gasteiger partial charge in [-0.3, -0.25) is 4.79 Å². The van der Waals surface area contributed by atoms with Crippen LogP contribution in [0.15, 0.2) is 59.0 Å². The molecule has 0 saturated heterocycles. The Hall–Kier alpha value is -3.13. The van der Waals surface area contributed by atoms with Gasteiger partial charge in [-0.05, 0) is 42.0 Å². The molecule has 4 rings (SSSR count). The van der Waals surface area contributed by atoms with E-state index < -0.39 is 11.3 Å². The van der Waals surface area contributed by atoms with Crippen molar-refractivity contribution in [3.8, 4) is 11.5 Å². The first kappa shape index (κ1) is 24.0. The number of hydrogen-bond acceptors (Lipinski definition) is 6. The zero-order valence-electron chi connectivity index (χ0n) is 18.3. The van der Waals surface area contributed by atoms with Gasteiger partial charge in [0.2, 0.25) is 11.8 Å². The van der Waals surface area contributed by atoms with E-state index in [9.17, 15) is 4.79 Å². The van der Waals surface area contributed by atoms with Crippen molar-refractivity contribution < 1.29 is 9.21 Å². The van der Waals surface area contributed by atoms with Crippen LogP contribution < -0.4 is 11.1 Å². The Morgan fingerprint density at radius 2 is 1.76 bits per heavy atom. The van der Waals surface area contributed by atoms with Crippen LogP contribution in [0.1, 0.15) is 35.8 Å². The van der Waals surface area contributed by atoms with Gasteiger partial charge >= 0.3 is 0 Å². The third kappa shape index (κ3) is 5.17. The van der Waals surface area contributed by atoms with E-state index in [1.54, 1.807) is 24.3 Å². The molecule has 0 saturated carbocycles. The van der Waals surface area contributed by atoms with E-state index >= 15 is 0 Å². The third-order valence-corrected chi connectivity index (χ3v) is 6.06. The van der Waals surface area contributed by atoms with E-state index in [0.717, 1.165) is 5.56 Å². The Morgan fingerprint density at radius 1 is 1.03 bits per heavy atom. The lowest BCUT2D eigenvalue weighted by Gasteiger charge is -2.26. The quantitative estimate of drug-likeness (QED) is 0.273. The van der Waals surface area contributed by atoms with Gasteiger partial charge in [-0.15, -0.1) is 10.2 Å². The first-order valence-electron chi connectivity index (χ1n) is 10.2. The number of nitrogens with zero attached hydrogens (tertiary/aromatic N) is 3. The van der Waals surface area contributed by atoms with E-state index in [4.69, 9.17) is 45.0 Å². The Bertz CT molecular complexity index is 1360. The van der Waals surface area contributed by atoms with E-state index in [2.05, 4.69) is 20.5 Å². The highest BCUT2D eigenvalue weighted by Crippen LogP contribution is 2.37. The average Bonchev–Trinajstić information content (AvgIpc) is 3.24. The summed E-state index contributed by atoms with van der Waals surface area (Å²) in [5, 5.41) is 12.4. The fourth-order valence-corrected chi connectivity index (χ4v) is 4.16. The molecule has 2 aromatic carbocycles. The van der Waals surface area contributed by atoms with Gasteiger partial charge in [-0.2, -0.15) is 0 Å². The highest BCUT2D eigenvalue weighted by Gasteiger charge is 2.31. The Kier molecular flexibility index (Phi) is 6.79. The van der Waals surface area contributed by atoms with Crippen molar-refractivity contribution in [2.45, 2.75) is 25.7 Å². The van der Waals surface area contributed by atoms with Crippen LogP contribution in [0.5, 0.6) is 0 Å². The number of aromatic nitrogens is 3. The van der Waals surface area contributed by atoms with Crippen molar-refractivity contribution in [3.05, 3.63) is 86.9 Å². The molecule has 0 atom stereocenters. The second-order valence-corrected chi connectivity index (χ2v) is 9.47. The largest absolute Gasteiger partial charge is 0.421 e. The zero-order valence-corrected chi connectivity index (χ0v) is 20.5. The topological polar surface area (TPSA) is 107 Å². The molecule has 0 spiro atoms. The molecular weight excluding hydrogens is 497 g/mol. The minimum Gasteiger partial charge on any atom is -0.421 e. The SMILES string of the molecule is CC(C)(Cc1nnc(-c2ccccc2)o1)c1cc(Nc2ccc(Cl)cc2Cl)c(Cl)nc1C(N)=O. The summed E-state index contributed by atoms with van der Waals surface area (Å²) < 4.78 is 5.87. The van der Waals surface area contributed by atoms with Crippen LogP contribution in [0.3, 0.4) is 0 Å². The number of amides is 1. The predicted octanol–water partition coefficient (Wildman–Crippen LogP) is 6.45. The van der Waals surface area contributed by atoms with Crippen LogP contribution in [-0.4, -0.2) is 21.1 Å². The normalized spacial score (nSPS) is 11.4. The molecule has 174 valence electrons. The number of nitrogens with two attached hydrogens (primary N) is 1. The molecular formula is C24H20Cl3N5O2. The first-order chi connectivity index (χ1) is 16.1. The molecule has 0 aliphatic heterocycles. The fourth-order valence-electron chi connectivity index (χ4n) is 3.51. The zero-order chi connectivity index (χ0) is 24.5. The summed E-state index contributed by atoms with van der Waals surface area (Å²) in [6.45, 7) is 3.85. The molecule has 10 heteroatoms. The van der Waals surface area contributed by atoms with Gasteiger partial charge in [0, 0.05) is 22.4 Å². The molecule has 7 nitrogen and oxygen atoms in total. The fraction of sp³-hybridized carbons (Fsp3) is 0.167. The maximum atomic E-state index is 12.2. The number of benzene rings is 2. The molecule has 0 aliphatic rings. The molecule has 0 bridgehead atoms. The lowest BCUT2D eigenvalue weighted by Crippen LogP contribution is -2.27. The number of nitrogens with one attached hydrogen (secondary N) is 1. The van der Waals surface area contributed by atoms with Crippen LogP contribution in [0.25, 0.3) is 11.5 Å². The summed E-state index contributed by atoms with van der Waals surface area (Å²) in [6, 6.07) is 16.2. The molecule has 0 aliphatic carbocycles. The molecule has 4 aromatic rings. The van der Waals surface area contributed by atoms with Crippen LogP contribution in [0, 0.1) is 0 Å². The molecule has 0 unspecified atom stereocenters. The summed E-state index contributed by atoms with van der Waals surface area (Å²) in [6.07, 6.45) is 0.331. The molecule has 2 aromatic heterocycles. The van der Waals surface area contributed by atoms with Gasteiger partial charge in [0.1, 0.15) is 5.69 Å². The number of halogens is 3. The van der Waals surface area contributed by atoms with Crippen molar-refractivity contribution in [1.82, 2.24) is 15.2 Å². The van der Waals surface area contributed by atoms with E-state index in [1.807, 2.05) is 44.2 Å². The number of rotatable bonds is 7. The van der Waals surface area contributed by atoms with Gasteiger partial charge < -0.3 is 15.5 Å². The maximum absolute atomic E-state index is 12.2. The Morgan fingerprint density at radius 3 is 2.44 bits per heavy atom. The number of pyridine rings is 1. The smallest absolute Gasteiger partial charge is 0.267 e. The lowest BCUT2D eigenvalue weighted by atomic mass is 9.80. The van der Waals surface area contributed by atoms with Gasteiger partial charge in [-0.1, -0.05) is 66.8 Å². The van der Waals surface area contributed by atoms with Crippen molar-refractivity contribution in [3.63, 3.8) is 0 Å². The van der Waals surface area contributed by atoms with Gasteiger partial charge in [-0.25, -0.2) is 4.98 Å². The predicted molar refractivity (Wildman–Crippen MR) is 134 cm³/mol. The molecule has 3 N–H and O–H groups in total. The minimum absolute atomic E-state index is 0.0607. The van der Waals surface area contributed by atoms with Crippen molar-refractivity contribution >= 4 is 52.1 Å². The maximum Gasteiger partial charge on any atom is 0.267 e. The molecule has 2 heterocycles. The third-order valence-electron chi connectivity index (χ3n) is 5.22. The molecule has 1 amide bonds. The highest BCUT2D eigenvalue weighted by atomic mass is 35.5. The second kappa shape index (κ2) is 9.62. The van der Waals surface area contributed by atoms with Crippen molar-refractivity contribution in [2.75, 3.05) is 5.32 Å². The number of anilines is 2. The van der Waals surface area contributed by atoms with Crippen LogP contribution in [-0.2, 0) is 11.8 Å². The highest BCUT2D eigenvalue weighted by molar-refractivity contribution is 6.36. The number of primary amides is 1. The van der Waals surface area contributed by atoms with Crippen molar-refractivity contribution in [1.29, 1.82) is 0 Å².